The van der Waals surface area contributed by atoms with Crippen LogP contribution in [-0.4, -0.2) is 18.2 Å². The summed E-state index contributed by atoms with van der Waals surface area (Å²) in [7, 11) is 1.30. The lowest BCUT2D eigenvalue weighted by Crippen LogP contribution is -2.03. The fraction of sp³-hybridized carbons (Fsp3) is 0.364. The summed E-state index contributed by atoms with van der Waals surface area (Å²) >= 11 is 5.81. The topological polar surface area (TPSA) is 46.5 Å². The molecule has 0 bridgehead atoms. The van der Waals surface area contributed by atoms with Crippen LogP contribution in [0.25, 0.3) is 0 Å². The molecule has 4 heteroatoms. The van der Waals surface area contributed by atoms with E-state index in [1.165, 1.54) is 13.2 Å². The summed E-state index contributed by atoms with van der Waals surface area (Å²) in [6, 6.07) is 2.99. The first-order chi connectivity index (χ1) is 6.97. The van der Waals surface area contributed by atoms with E-state index >= 15 is 0 Å². The summed E-state index contributed by atoms with van der Waals surface area (Å²) in [6.07, 6.45) is 0. The number of rotatable bonds is 2. The minimum Gasteiger partial charge on any atom is -0.506 e. The average molecular weight is 229 g/mol. The fourth-order valence-electron chi connectivity index (χ4n) is 1.30. The fourth-order valence-corrected chi connectivity index (χ4v) is 1.52. The predicted molar refractivity (Wildman–Crippen MR) is 58.5 cm³/mol. The molecule has 0 unspecified atom stereocenters. The molecule has 1 rings (SSSR count). The summed E-state index contributed by atoms with van der Waals surface area (Å²) in [6.45, 7) is 3.82. The van der Waals surface area contributed by atoms with Gasteiger partial charge in [-0.2, -0.15) is 0 Å². The van der Waals surface area contributed by atoms with Gasteiger partial charge in [-0.05, 0) is 23.6 Å². The third-order valence-electron chi connectivity index (χ3n) is 2.14. The molecule has 1 aromatic carbocycles. The van der Waals surface area contributed by atoms with E-state index in [1.807, 2.05) is 13.8 Å². The number of benzene rings is 1. The van der Waals surface area contributed by atoms with Gasteiger partial charge in [0.2, 0.25) is 0 Å². The van der Waals surface area contributed by atoms with Crippen molar-refractivity contribution < 1.29 is 14.6 Å². The van der Waals surface area contributed by atoms with Gasteiger partial charge < -0.3 is 9.84 Å². The summed E-state index contributed by atoms with van der Waals surface area (Å²) in [5, 5.41) is 9.83. The van der Waals surface area contributed by atoms with Gasteiger partial charge in [0, 0.05) is 0 Å². The number of hydrogen-bond acceptors (Lipinski definition) is 3. The molecule has 0 heterocycles. The molecule has 1 N–H and O–H groups in total. The molecule has 1 aromatic rings. The highest BCUT2D eigenvalue weighted by atomic mass is 35.5. The van der Waals surface area contributed by atoms with Crippen LogP contribution < -0.4 is 0 Å². The Hall–Kier alpha value is -1.22. The van der Waals surface area contributed by atoms with E-state index in [9.17, 15) is 9.90 Å². The van der Waals surface area contributed by atoms with E-state index in [1.54, 1.807) is 6.07 Å². The molecule has 82 valence electrons. The number of aromatic hydroxyl groups is 1. The average Bonchev–Trinajstić information content (AvgIpc) is 2.20. The van der Waals surface area contributed by atoms with Crippen LogP contribution in [0.2, 0.25) is 5.02 Å². The first-order valence-electron chi connectivity index (χ1n) is 4.58. The van der Waals surface area contributed by atoms with Crippen molar-refractivity contribution in [2.75, 3.05) is 7.11 Å². The lowest BCUT2D eigenvalue weighted by Gasteiger charge is -2.11. The van der Waals surface area contributed by atoms with Crippen molar-refractivity contribution in [3.8, 4) is 5.75 Å². The lowest BCUT2D eigenvalue weighted by molar-refractivity contribution is 0.0600. The van der Waals surface area contributed by atoms with Crippen molar-refractivity contribution >= 4 is 17.6 Å². The Bertz CT molecular complexity index is 386. The third-order valence-corrected chi connectivity index (χ3v) is 2.42. The Labute approximate surface area is 93.6 Å². The van der Waals surface area contributed by atoms with Gasteiger partial charge in [-0.15, -0.1) is 0 Å². The van der Waals surface area contributed by atoms with Crippen molar-refractivity contribution in [2.45, 2.75) is 19.8 Å². The van der Waals surface area contributed by atoms with Crippen LogP contribution in [-0.2, 0) is 4.74 Å². The Morgan fingerprint density at radius 2 is 2.07 bits per heavy atom. The summed E-state index contributed by atoms with van der Waals surface area (Å²) in [5.74, 6) is -0.342. The van der Waals surface area contributed by atoms with Crippen molar-refractivity contribution in [3.05, 3.63) is 28.3 Å². The van der Waals surface area contributed by atoms with Gasteiger partial charge in [0.15, 0.2) is 0 Å². The van der Waals surface area contributed by atoms with Crippen LogP contribution in [0.5, 0.6) is 5.75 Å². The van der Waals surface area contributed by atoms with Crippen LogP contribution in [0.4, 0.5) is 0 Å². The second-order valence-electron chi connectivity index (χ2n) is 3.54. The molecule has 0 fully saturated rings. The quantitative estimate of drug-likeness (QED) is 0.792. The molecule has 0 aliphatic heterocycles. The largest absolute Gasteiger partial charge is 0.506 e. The zero-order valence-corrected chi connectivity index (χ0v) is 9.63. The second-order valence-corrected chi connectivity index (χ2v) is 3.95. The van der Waals surface area contributed by atoms with Crippen LogP contribution in [0.15, 0.2) is 12.1 Å². The van der Waals surface area contributed by atoms with Crippen LogP contribution in [0.1, 0.15) is 35.7 Å². The van der Waals surface area contributed by atoms with Crippen molar-refractivity contribution in [3.63, 3.8) is 0 Å². The maximum Gasteiger partial charge on any atom is 0.337 e. The van der Waals surface area contributed by atoms with Gasteiger partial charge in [-0.3, -0.25) is 0 Å². The number of hydrogen-bond donors (Lipinski definition) is 1. The highest BCUT2D eigenvalue weighted by Crippen LogP contribution is 2.33. The van der Waals surface area contributed by atoms with Crippen molar-refractivity contribution in [1.29, 1.82) is 0 Å². The standard InChI is InChI=1S/C11H13ClO3/c1-6(2)8-4-7(11(14)15-3)5-9(12)10(8)13/h4-6,13H,1-3H3. The molecular weight excluding hydrogens is 216 g/mol. The van der Waals surface area contributed by atoms with E-state index in [-0.39, 0.29) is 16.7 Å². The van der Waals surface area contributed by atoms with Gasteiger partial charge in [0.05, 0.1) is 17.7 Å². The smallest absolute Gasteiger partial charge is 0.337 e. The monoisotopic (exact) mass is 228 g/mol. The number of halogens is 1. The molecule has 0 amide bonds. The molecule has 0 aliphatic rings. The minimum atomic E-state index is -0.459. The SMILES string of the molecule is COC(=O)c1cc(Cl)c(O)c(C(C)C)c1. The number of esters is 1. The minimum absolute atomic E-state index is 0.0271. The van der Waals surface area contributed by atoms with E-state index in [4.69, 9.17) is 11.6 Å². The van der Waals surface area contributed by atoms with Gasteiger partial charge in [-0.1, -0.05) is 25.4 Å². The third kappa shape index (κ3) is 2.42. The lowest BCUT2D eigenvalue weighted by atomic mass is 9.99. The van der Waals surface area contributed by atoms with Crippen molar-refractivity contribution in [1.82, 2.24) is 0 Å². The highest BCUT2D eigenvalue weighted by molar-refractivity contribution is 6.32. The summed E-state index contributed by atoms with van der Waals surface area (Å²) in [5.41, 5.74) is 0.993. The number of phenols is 1. The van der Waals surface area contributed by atoms with Gasteiger partial charge in [-0.25, -0.2) is 4.79 Å². The van der Waals surface area contributed by atoms with E-state index < -0.39 is 5.97 Å². The molecular formula is C11H13ClO3. The second kappa shape index (κ2) is 4.53. The number of phenolic OH excluding ortho intramolecular Hbond substituents is 1. The van der Waals surface area contributed by atoms with E-state index in [2.05, 4.69) is 4.74 Å². The molecule has 0 aliphatic carbocycles. The molecule has 0 radical (unpaired) electrons. The van der Waals surface area contributed by atoms with E-state index in [0.717, 1.165) is 0 Å². The van der Waals surface area contributed by atoms with Crippen molar-refractivity contribution in [2.24, 2.45) is 0 Å². The number of carbonyl (C=O) groups excluding carboxylic acids is 1. The van der Waals surface area contributed by atoms with Gasteiger partial charge in [0.25, 0.3) is 0 Å². The van der Waals surface area contributed by atoms with E-state index in [0.29, 0.717) is 11.1 Å². The molecule has 0 aromatic heterocycles. The maximum absolute atomic E-state index is 11.3. The molecule has 0 saturated heterocycles. The zero-order chi connectivity index (χ0) is 11.6. The normalized spacial score (nSPS) is 10.5. The first kappa shape index (κ1) is 11.9. The Morgan fingerprint density at radius 1 is 1.47 bits per heavy atom. The molecule has 0 spiro atoms. The molecule has 3 nitrogen and oxygen atoms in total. The molecule has 0 saturated carbocycles. The number of carbonyl (C=O) groups is 1. The molecule has 0 atom stereocenters. The molecule has 15 heavy (non-hydrogen) atoms. The first-order valence-corrected chi connectivity index (χ1v) is 4.96. The zero-order valence-electron chi connectivity index (χ0n) is 8.87. The summed E-state index contributed by atoms with van der Waals surface area (Å²) in [4.78, 5) is 11.3. The van der Waals surface area contributed by atoms with Crippen LogP contribution >= 0.6 is 11.6 Å². The van der Waals surface area contributed by atoms with Crippen LogP contribution in [0.3, 0.4) is 0 Å². The predicted octanol–water partition coefficient (Wildman–Crippen LogP) is 2.96. The number of methoxy groups -OCH3 is 1. The Balaban J connectivity index is 3.29. The number of ether oxygens (including phenoxy) is 1. The van der Waals surface area contributed by atoms with Gasteiger partial charge in [0.1, 0.15) is 5.75 Å². The maximum atomic E-state index is 11.3. The summed E-state index contributed by atoms with van der Waals surface area (Å²) < 4.78 is 4.59. The Morgan fingerprint density at radius 3 is 2.53 bits per heavy atom. The van der Waals surface area contributed by atoms with Gasteiger partial charge >= 0.3 is 5.97 Å². The highest BCUT2D eigenvalue weighted by Gasteiger charge is 2.15. The Kier molecular flexibility index (Phi) is 3.58. The van der Waals surface area contributed by atoms with Crippen LogP contribution in [0, 0.1) is 0 Å².